The van der Waals surface area contributed by atoms with Gasteiger partial charge in [0.15, 0.2) is 0 Å². The second-order valence-corrected chi connectivity index (χ2v) is 7.83. The fourth-order valence-corrected chi connectivity index (χ4v) is 3.73. The average molecular weight is 359 g/mol. The summed E-state index contributed by atoms with van der Waals surface area (Å²) in [7, 11) is -3.69. The molecule has 1 aliphatic carbocycles. The second-order valence-electron chi connectivity index (χ2n) is 6.15. The highest BCUT2D eigenvalue weighted by atomic mass is 32.2. The number of anilines is 1. The van der Waals surface area contributed by atoms with E-state index in [1.807, 2.05) is 0 Å². The maximum atomic E-state index is 12.4. The first-order chi connectivity index (χ1) is 12.0. The summed E-state index contributed by atoms with van der Waals surface area (Å²) in [4.78, 5) is 12.6. The predicted molar refractivity (Wildman–Crippen MR) is 96.7 cm³/mol. The lowest BCUT2D eigenvalue weighted by Crippen LogP contribution is -2.41. The van der Waals surface area contributed by atoms with Gasteiger partial charge < -0.3 is 11.1 Å². The summed E-state index contributed by atoms with van der Waals surface area (Å²) >= 11 is 0. The molecule has 1 atom stereocenters. The Hall–Kier alpha value is -2.38. The number of hydrogen-bond acceptors (Lipinski definition) is 4. The zero-order chi connectivity index (χ0) is 17.9. The molecule has 3 rings (SSSR count). The third kappa shape index (κ3) is 4.37. The Bertz CT molecular complexity index is 849. The van der Waals surface area contributed by atoms with Gasteiger partial charge in [-0.25, -0.2) is 8.42 Å². The minimum atomic E-state index is -3.69. The highest BCUT2D eigenvalue weighted by Crippen LogP contribution is 2.32. The average Bonchev–Trinajstić information content (AvgIpc) is 3.45. The minimum Gasteiger partial charge on any atom is -0.348 e. The van der Waals surface area contributed by atoms with Crippen LogP contribution in [0, 0.1) is 5.92 Å². The molecule has 7 heteroatoms. The molecule has 132 valence electrons. The topological polar surface area (TPSA) is 101 Å². The van der Waals surface area contributed by atoms with Gasteiger partial charge in [0.1, 0.15) is 0 Å². The maximum absolute atomic E-state index is 12.4. The molecular formula is C18H21N3O3S. The summed E-state index contributed by atoms with van der Waals surface area (Å²) in [6, 6.07) is 14.5. The van der Waals surface area contributed by atoms with Crippen molar-refractivity contribution in [1.29, 1.82) is 0 Å². The van der Waals surface area contributed by atoms with E-state index in [1.165, 1.54) is 18.2 Å². The van der Waals surface area contributed by atoms with Crippen LogP contribution in [0.25, 0.3) is 0 Å². The molecule has 1 unspecified atom stereocenters. The molecule has 1 aliphatic rings. The van der Waals surface area contributed by atoms with Gasteiger partial charge in [0.25, 0.3) is 15.9 Å². The first-order valence-corrected chi connectivity index (χ1v) is 9.67. The Morgan fingerprint density at radius 1 is 1.12 bits per heavy atom. The lowest BCUT2D eigenvalue weighted by atomic mass is 10.1. The molecule has 0 saturated heterocycles. The third-order valence-electron chi connectivity index (χ3n) is 4.19. The van der Waals surface area contributed by atoms with Gasteiger partial charge in [0.05, 0.1) is 4.90 Å². The summed E-state index contributed by atoms with van der Waals surface area (Å²) in [5, 5.41) is 2.93. The van der Waals surface area contributed by atoms with E-state index in [2.05, 4.69) is 10.0 Å². The normalized spacial score (nSPS) is 15.4. The van der Waals surface area contributed by atoms with Crippen molar-refractivity contribution in [2.45, 2.75) is 23.8 Å². The highest BCUT2D eigenvalue weighted by Gasteiger charge is 2.31. The first kappa shape index (κ1) is 17.4. The van der Waals surface area contributed by atoms with E-state index in [-0.39, 0.29) is 16.8 Å². The Labute approximate surface area is 147 Å². The molecule has 1 amide bonds. The molecule has 0 spiro atoms. The lowest BCUT2D eigenvalue weighted by molar-refractivity contribution is 0.0933. The van der Waals surface area contributed by atoms with Gasteiger partial charge in [-0.05, 0) is 49.1 Å². The van der Waals surface area contributed by atoms with Crippen molar-refractivity contribution in [3.8, 4) is 0 Å². The van der Waals surface area contributed by atoms with Crippen LogP contribution >= 0.6 is 0 Å². The number of carbonyl (C=O) groups excluding carboxylic acids is 1. The standard InChI is InChI=1S/C18H21N3O3S/c19-12-17(13-9-10-13)20-18(22)14-5-4-6-15(11-14)21-25(23,24)16-7-2-1-3-8-16/h1-8,11,13,17,21H,9-10,12,19H2,(H,20,22). The zero-order valence-electron chi connectivity index (χ0n) is 13.7. The molecule has 0 aromatic heterocycles. The molecule has 0 radical (unpaired) electrons. The molecule has 25 heavy (non-hydrogen) atoms. The van der Waals surface area contributed by atoms with E-state index in [1.54, 1.807) is 36.4 Å². The molecule has 0 bridgehead atoms. The largest absolute Gasteiger partial charge is 0.348 e. The number of carbonyl (C=O) groups is 1. The van der Waals surface area contributed by atoms with E-state index in [9.17, 15) is 13.2 Å². The van der Waals surface area contributed by atoms with Crippen LogP contribution in [-0.4, -0.2) is 26.9 Å². The summed E-state index contributed by atoms with van der Waals surface area (Å²) in [6.07, 6.45) is 2.16. The second kappa shape index (κ2) is 7.25. The summed E-state index contributed by atoms with van der Waals surface area (Å²) < 4.78 is 27.3. The SMILES string of the molecule is NCC(NC(=O)c1cccc(NS(=O)(=O)c2ccccc2)c1)C1CC1. The number of sulfonamides is 1. The smallest absolute Gasteiger partial charge is 0.261 e. The molecule has 0 heterocycles. The molecule has 4 N–H and O–H groups in total. The number of nitrogens with two attached hydrogens (primary N) is 1. The van der Waals surface area contributed by atoms with Gasteiger partial charge in [0.2, 0.25) is 0 Å². The van der Waals surface area contributed by atoms with Gasteiger partial charge in [-0.3, -0.25) is 9.52 Å². The Morgan fingerprint density at radius 3 is 2.48 bits per heavy atom. The van der Waals surface area contributed by atoms with E-state index in [0.29, 0.717) is 23.7 Å². The third-order valence-corrected chi connectivity index (χ3v) is 5.59. The molecular weight excluding hydrogens is 338 g/mol. The van der Waals surface area contributed by atoms with Crippen molar-refractivity contribution in [2.75, 3.05) is 11.3 Å². The number of hydrogen-bond donors (Lipinski definition) is 3. The quantitative estimate of drug-likeness (QED) is 0.703. The fourth-order valence-electron chi connectivity index (χ4n) is 2.66. The van der Waals surface area contributed by atoms with Gasteiger partial charge in [-0.2, -0.15) is 0 Å². The van der Waals surface area contributed by atoms with E-state index in [4.69, 9.17) is 5.73 Å². The van der Waals surface area contributed by atoms with Crippen LogP contribution in [0.4, 0.5) is 5.69 Å². The van der Waals surface area contributed by atoms with Crippen molar-refractivity contribution in [3.05, 3.63) is 60.2 Å². The van der Waals surface area contributed by atoms with Crippen molar-refractivity contribution in [1.82, 2.24) is 5.32 Å². The molecule has 2 aromatic carbocycles. The number of amides is 1. The van der Waals surface area contributed by atoms with Gasteiger partial charge >= 0.3 is 0 Å². The lowest BCUT2D eigenvalue weighted by Gasteiger charge is -2.16. The van der Waals surface area contributed by atoms with Crippen LogP contribution in [0.3, 0.4) is 0 Å². The minimum absolute atomic E-state index is 0.0304. The monoisotopic (exact) mass is 359 g/mol. The molecule has 1 saturated carbocycles. The Balaban J connectivity index is 1.74. The summed E-state index contributed by atoms with van der Waals surface area (Å²) in [5.41, 5.74) is 6.45. The van der Waals surface area contributed by atoms with Gasteiger partial charge in [-0.15, -0.1) is 0 Å². The highest BCUT2D eigenvalue weighted by molar-refractivity contribution is 7.92. The Morgan fingerprint density at radius 2 is 1.84 bits per heavy atom. The fraction of sp³-hybridized carbons (Fsp3) is 0.278. The van der Waals surface area contributed by atoms with Gasteiger partial charge in [-0.1, -0.05) is 24.3 Å². The molecule has 2 aromatic rings. The maximum Gasteiger partial charge on any atom is 0.261 e. The van der Waals surface area contributed by atoms with Crippen LogP contribution in [0.1, 0.15) is 23.2 Å². The van der Waals surface area contributed by atoms with Crippen LogP contribution in [0.15, 0.2) is 59.5 Å². The van der Waals surface area contributed by atoms with E-state index < -0.39 is 10.0 Å². The number of rotatable bonds is 7. The van der Waals surface area contributed by atoms with Crippen LogP contribution in [0.2, 0.25) is 0 Å². The molecule has 6 nitrogen and oxygen atoms in total. The predicted octanol–water partition coefficient (Wildman–Crippen LogP) is 1.95. The molecule has 0 aliphatic heterocycles. The van der Waals surface area contributed by atoms with Crippen molar-refractivity contribution in [3.63, 3.8) is 0 Å². The van der Waals surface area contributed by atoms with Crippen LogP contribution < -0.4 is 15.8 Å². The first-order valence-electron chi connectivity index (χ1n) is 8.18. The number of benzene rings is 2. The van der Waals surface area contributed by atoms with Crippen LogP contribution in [-0.2, 0) is 10.0 Å². The summed E-state index contributed by atoms with van der Waals surface area (Å²) in [6.45, 7) is 0.400. The Kier molecular flexibility index (Phi) is 5.06. The van der Waals surface area contributed by atoms with E-state index in [0.717, 1.165) is 12.8 Å². The zero-order valence-corrected chi connectivity index (χ0v) is 14.5. The van der Waals surface area contributed by atoms with Crippen LogP contribution in [0.5, 0.6) is 0 Å². The van der Waals surface area contributed by atoms with Crippen molar-refractivity contribution >= 4 is 21.6 Å². The summed E-state index contributed by atoms with van der Waals surface area (Å²) in [5.74, 6) is 0.205. The number of nitrogens with one attached hydrogen (secondary N) is 2. The van der Waals surface area contributed by atoms with Gasteiger partial charge in [0, 0.05) is 23.8 Å². The molecule has 1 fully saturated rings. The van der Waals surface area contributed by atoms with Crippen molar-refractivity contribution < 1.29 is 13.2 Å². The van der Waals surface area contributed by atoms with E-state index >= 15 is 0 Å². The van der Waals surface area contributed by atoms with Crippen molar-refractivity contribution in [2.24, 2.45) is 11.7 Å².